The smallest absolute Gasteiger partial charge is 0.748 e. The molecule has 39 nitrogen and oxygen atoms in total. The molecule has 4 heterocycles. The van der Waals surface area contributed by atoms with Crippen LogP contribution in [0.25, 0.3) is 10.9 Å². The van der Waals surface area contributed by atoms with Crippen LogP contribution in [0, 0.1) is 16.7 Å². The summed E-state index contributed by atoms with van der Waals surface area (Å²) in [7, 11) is -4.63. The van der Waals surface area contributed by atoms with Gasteiger partial charge in [-0.2, -0.15) is 0 Å². The van der Waals surface area contributed by atoms with Gasteiger partial charge in [-0.1, -0.05) is 102 Å². The molecule has 0 spiro atoms. The number of cyclic esters (lactones) is 1. The van der Waals surface area contributed by atoms with Gasteiger partial charge in [0.2, 0.25) is 89.1 Å². The van der Waals surface area contributed by atoms with E-state index in [0.29, 0.717) is 39.8 Å². The van der Waals surface area contributed by atoms with Gasteiger partial charge in [0.1, 0.15) is 84.6 Å². The van der Waals surface area contributed by atoms with Gasteiger partial charge >= 0.3 is 35.5 Å². The summed E-state index contributed by atoms with van der Waals surface area (Å²) in [6, 6.07) is -7.36. The summed E-state index contributed by atoms with van der Waals surface area (Å²) in [6.07, 6.45) is -2.12. The first kappa shape index (κ1) is 97.7. The van der Waals surface area contributed by atoms with Crippen LogP contribution in [-0.2, 0) is 104 Å². The number of esters is 1. The van der Waals surface area contributed by atoms with Crippen molar-refractivity contribution < 1.29 is 124 Å². The minimum absolute atomic E-state index is 0. The van der Waals surface area contributed by atoms with Gasteiger partial charge < -0.3 is 105 Å². The van der Waals surface area contributed by atoms with Crippen LogP contribution in [0.3, 0.4) is 0 Å². The molecule has 15 amide bonds. The Balaban J connectivity index is 0.0000244. The van der Waals surface area contributed by atoms with Crippen molar-refractivity contribution in [1.29, 1.82) is 0 Å². The maximum absolute atomic E-state index is 15.4. The van der Waals surface area contributed by atoms with E-state index >= 15 is 24.0 Å². The number of aromatic amines is 1. The fourth-order valence-electron chi connectivity index (χ4n) is 13.7. The first-order valence-corrected chi connectivity index (χ1v) is 40.5. The normalized spacial score (nSPS) is 20.8. The number of rotatable bonds is 35. The molecule has 3 aliphatic heterocycles. The van der Waals surface area contributed by atoms with Gasteiger partial charge in [0.25, 0.3) is 0 Å². The fraction of sp³-hybridized carbons (Fsp3) is 0.587. The number of guanidine groups is 1. The zero-order chi connectivity index (χ0) is 86.6. The topological polar surface area (TPSA) is 602 Å². The van der Waals surface area contributed by atoms with E-state index in [1.807, 2.05) is 0 Å². The Kier molecular flexibility index (Phi) is 36.4. The number of carbonyl (C=O) groups excluding carboxylic acids is 16. The molecule has 0 radical (unpaired) electrons. The Labute approximate surface area is 708 Å². The van der Waals surface area contributed by atoms with Gasteiger partial charge in [-0.05, 0) is 111 Å². The number of aliphatic imine (C=N–C) groups is 1. The summed E-state index contributed by atoms with van der Waals surface area (Å²) in [4.78, 5) is 237. The van der Waals surface area contributed by atoms with Crippen molar-refractivity contribution in [3.05, 3.63) is 70.3 Å². The van der Waals surface area contributed by atoms with E-state index in [0.717, 1.165) is 18.4 Å². The number of carbonyl (C=O) groups is 16. The van der Waals surface area contributed by atoms with Crippen LogP contribution >= 0.6 is 15.9 Å². The molecule has 14 atom stereocenters. The SMILES string of the molecule is CCC(C)(C)C(NC(=O)C(NC(=O)C1CCCN1C(=O)[C@H](Cc1ccc(Br)cc1)NC(=O)[C@@H](C)NC=O)C(C)(C)C)C(=O)NC(Cc1c[nH]c2ccccc12)C(=O)N[C@@H](CCCN=C(N)N)C(=O)N[C@H](CS(=O)(=O)[O-])C(=O)NC1C(=O)N(C)C(CCC(N)=O)C(=O)NC(C(C)C)C(=O)N2CCC[C@H]2C(=O)N[C@H](CC(N)=O)C(=O)O[C@@H]1C.[Na+]. The molecule has 6 rings (SSSR count). The number of nitrogens with zero attached hydrogens (tertiary/aromatic N) is 4. The number of nitrogens with one attached hydrogen (secondary N) is 11. The molecule has 0 bridgehead atoms. The second-order valence-corrected chi connectivity index (χ2v) is 33.7. The maximum Gasteiger partial charge on any atom is 1.00 e. The van der Waals surface area contributed by atoms with Crippen LogP contribution in [0.15, 0.2) is 64.2 Å². The van der Waals surface area contributed by atoms with Crippen LogP contribution in [0.1, 0.15) is 145 Å². The average Bonchev–Trinajstić information content (AvgIpc) is 1.71. The average molecular weight is 1730 g/mol. The minimum atomic E-state index is -5.65. The third kappa shape index (κ3) is 27.9. The van der Waals surface area contributed by atoms with E-state index in [1.54, 1.807) is 110 Å². The van der Waals surface area contributed by atoms with Crippen molar-refractivity contribution in [2.75, 3.05) is 32.4 Å². The number of fused-ring (bicyclic) bond motifs is 2. The number of likely N-dealkylation sites (tertiary alicyclic amines) is 1. The van der Waals surface area contributed by atoms with Crippen molar-refractivity contribution in [2.24, 2.45) is 44.7 Å². The Morgan fingerprint density at radius 2 is 1.35 bits per heavy atom. The quantitative estimate of drug-likeness (QED) is 0.00496. The van der Waals surface area contributed by atoms with Gasteiger partial charge in [-0.3, -0.25) is 76.9 Å². The Morgan fingerprint density at radius 1 is 0.735 bits per heavy atom. The Bertz CT molecular complexity index is 4290. The number of ether oxygens (including phenoxy) is 1. The number of para-hydroxylation sites is 1. The molecule has 1 aromatic heterocycles. The number of primary amides is 2. The molecule has 3 aromatic rings. The fourth-order valence-corrected chi connectivity index (χ4v) is 14.6. The molecule has 3 aliphatic rings. The zero-order valence-electron chi connectivity index (χ0n) is 67.8. The maximum atomic E-state index is 15.4. The number of nitrogens with two attached hydrogens (primary N) is 4. The standard InChI is InChI=1S/C75H110BrN19O20S.Na/c1-12-75(9,10)59(92-67(106)58(74(6,7)8)91-66(105)53-22-16-30-94(53)69(108)48(86-60(99)39(4)83-37-96)32-41-23-25-43(76)26-24-41)68(107)85-47(33-42-35-82-45-19-14-13-18-44(42)45)62(101)84-46(20-15-29-81-73(79)80)61(100)88-50(36-116(112,113)114)63(102)90-57-40(5)115-72(111)49(34-55(78)98)87-65(104)52-21-17-31-95(52)71(110)56(38(2)3)89-64(103)51(27-28-54(77)97)93(11)70(57)109;/h13-14,18-19,23-26,35,37-40,46-53,56-59,82H,12,15-17,20-22,27-34,36H2,1-11H3,(H2,77,97)(H2,78,98)(H,83,96)(H,84,101)(H,85,107)(H,86,99)(H,87,104)(H,88,100)(H,89,103)(H,90,102)(H,91,105)(H,92,106)(H4,79,80,81)(H,112,113,114);/q;+1/p-1/t39-,40-,46+,47?,48+,49-,50-,51?,52+,53?,56?,57?,58?,59?;/m1./s1. The molecule has 7 unspecified atom stereocenters. The second-order valence-electron chi connectivity index (χ2n) is 31.3. The molecule has 638 valence electrons. The van der Waals surface area contributed by atoms with E-state index in [2.05, 4.69) is 79.1 Å². The van der Waals surface area contributed by atoms with Gasteiger partial charge in [-0.25, -0.2) is 13.2 Å². The Morgan fingerprint density at radius 3 is 1.96 bits per heavy atom. The molecule has 0 aliphatic carbocycles. The van der Waals surface area contributed by atoms with Gasteiger partial charge in [0, 0.05) is 67.5 Å². The van der Waals surface area contributed by atoms with Crippen molar-refractivity contribution >= 4 is 138 Å². The number of benzene rings is 2. The number of aromatic nitrogens is 1. The minimum Gasteiger partial charge on any atom is -0.748 e. The third-order valence-electron chi connectivity index (χ3n) is 20.7. The van der Waals surface area contributed by atoms with Crippen LogP contribution in [0.5, 0.6) is 0 Å². The van der Waals surface area contributed by atoms with E-state index in [4.69, 9.17) is 27.7 Å². The van der Waals surface area contributed by atoms with E-state index in [9.17, 15) is 65.7 Å². The molecule has 42 heteroatoms. The van der Waals surface area contributed by atoms with Crippen LogP contribution in [-0.4, -0.2) is 251 Å². The van der Waals surface area contributed by atoms with Crippen LogP contribution in [0.2, 0.25) is 0 Å². The molecule has 19 N–H and O–H groups in total. The molecule has 0 saturated carbocycles. The first-order chi connectivity index (χ1) is 54.3. The summed E-state index contributed by atoms with van der Waals surface area (Å²) < 4.78 is 45.2. The largest absolute Gasteiger partial charge is 1.00 e. The van der Waals surface area contributed by atoms with E-state index < -0.39 is 238 Å². The molecule has 117 heavy (non-hydrogen) atoms. The molecule has 2 aromatic carbocycles. The molecular formula is C75H109BrN19NaO20S. The van der Waals surface area contributed by atoms with Gasteiger partial charge in [-0.15, -0.1) is 0 Å². The molecule has 3 saturated heterocycles. The predicted molar refractivity (Wildman–Crippen MR) is 423 cm³/mol. The van der Waals surface area contributed by atoms with Gasteiger partial charge in [0.05, 0.1) is 22.3 Å². The zero-order valence-corrected chi connectivity index (χ0v) is 72.2. The van der Waals surface area contributed by atoms with Gasteiger partial charge in [0.15, 0.2) is 5.96 Å². The predicted octanol–water partition coefficient (Wildman–Crippen LogP) is -6.15. The number of hydrogen-bond acceptors (Lipinski definition) is 21. The second kappa shape index (κ2) is 43.6. The third-order valence-corrected chi connectivity index (χ3v) is 22.0. The number of likely N-dealkylation sites (N-methyl/N-ethyl adjacent to an activating group) is 1. The van der Waals surface area contributed by atoms with Crippen molar-refractivity contribution in [1.82, 2.24) is 72.9 Å². The van der Waals surface area contributed by atoms with Crippen LogP contribution < -0.4 is 106 Å². The van der Waals surface area contributed by atoms with Crippen molar-refractivity contribution in [3.63, 3.8) is 0 Å². The molecule has 3 fully saturated rings. The summed E-state index contributed by atoms with van der Waals surface area (Å²) in [5, 5.41) is 25.9. The first-order valence-electron chi connectivity index (χ1n) is 38.1. The number of halogens is 1. The summed E-state index contributed by atoms with van der Waals surface area (Å²) >= 11 is 3.40. The van der Waals surface area contributed by atoms with E-state index in [-0.39, 0.29) is 94.1 Å². The van der Waals surface area contributed by atoms with E-state index in [1.165, 1.54) is 16.7 Å². The number of H-pyrrole nitrogens is 1. The van der Waals surface area contributed by atoms with Crippen molar-refractivity contribution in [2.45, 2.75) is 231 Å². The summed E-state index contributed by atoms with van der Waals surface area (Å²) in [6.45, 7) is 15.4. The monoisotopic (exact) mass is 1730 g/mol. The van der Waals surface area contributed by atoms with Crippen molar-refractivity contribution in [3.8, 4) is 0 Å². The summed E-state index contributed by atoms with van der Waals surface area (Å²) in [5.41, 5.74) is 21.7. The summed E-state index contributed by atoms with van der Waals surface area (Å²) in [5.74, 6) is -18.6. The number of hydrogen-bond donors (Lipinski definition) is 15. The van der Waals surface area contributed by atoms with Crippen LogP contribution in [0.4, 0.5) is 0 Å². The molecular weight excluding hydrogens is 1620 g/mol. The Hall–Kier alpha value is -9.84. The number of amides is 15.